The molecule has 0 atom stereocenters. The molecule has 18 heavy (non-hydrogen) atoms. The molecule has 2 aliphatic heterocycles. The summed E-state index contributed by atoms with van der Waals surface area (Å²) in [6.45, 7) is 6.11. The fourth-order valence-corrected chi connectivity index (χ4v) is 2.92. The van der Waals surface area contributed by atoms with Crippen LogP contribution in [0.3, 0.4) is 0 Å². The number of rotatable bonds is 2. The number of aromatic hydroxyl groups is 1. The Kier molecular flexibility index (Phi) is 3.14. The zero-order valence-electron chi connectivity index (χ0n) is 10.9. The summed E-state index contributed by atoms with van der Waals surface area (Å²) >= 11 is 0. The minimum atomic E-state index is 0.524. The Morgan fingerprint density at radius 3 is 2.78 bits per heavy atom. The summed E-state index contributed by atoms with van der Waals surface area (Å²) in [4.78, 5) is 4.61. The first-order valence-electron chi connectivity index (χ1n) is 6.73. The first kappa shape index (κ1) is 11.8. The van der Waals surface area contributed by atoms with Gasteiger partial charge in [-0.2, -0.15) is 0 Å². The summed E-state index contributed by atoms with van der Waals surface area (Å²) in [6.07, 6.45) is 0.965. The van der Waals surface area contributed by atoms with Gasteiger partial charge in [0, 0.05) is 63.1 Å². The normalized spacial score (nSPS) is 20.2. The first-order valence-corrected chi connectivity index (χ1v) is 6.73. The Morgan fingerprint density at radius 1 is 1.22 bits per heavy atom. The van der Waals surface area contributed by atoms with Gasteiger partial charge in [0.05, 0.1) is 0 Å². The molecule has 0 radical (unpaired) electrons. The van der Waals surface area contributed by atoms with Crippen molar-refractivity contribution in [3.63, 3.8) is 0 Å². The molecule has 1 saturated heterocycles. The van der Waals surface area contributed by atoms with Gasteiger partial charge in [-0.05, 0) is 12.5 Å². The number of nitrogens with one attached hydrogen (secondary N) is 1. The second-order valence-electron chi connectivity index (χ2n) is 5.27. The number of phenolic OH excluding ortho intramolecular Hbond substituents is 1. The molecule has 2 N–H and O–H groups in total. The van der Waals surface area contributed by atoms with E-state index in [0.29, 0.717) is 5.75 Å². The number of nitrogens with zero attached hydrogens (tertiary/aromatic N) is 2. The number of benzene rings is 1. The monoisotopic (exact) mass is 247 g/mol. The van der Waals surface area contributed by atoms with Crippen LogP contribution in [-0.2, 0) is 13.0 Å². The number of hydrogen-bond acceptors (Lipinski definition) is 4. The third-order valence-corrected chi connectivity index (χ3v) is 4.05. The quantitative estimate of drug-likeness (QED) is 0.810. The van der Waals surface area contributed by atoms with E-state index in [1.165, 1.54) is 5.69 Å². The molecule has 1 aromatic carbocycles. The maximum Gasteiger partial charge on any atom is 0.125 e. The second kappa shape index (κ2) is 4.78. The molecule has 1 fully saturated rings. The molecule has 0 unspecified atom stereocenters. The van der Waals surface area contributed by atoms with Gasteiger partial charge in [-0.15, -0.1) is 0 Å². The molecule has 4 nitrogen and oxygen atoms in total. The van der Waals surface area contributed by atoms with Crippen molar-refractivity contribution in [2.75, 3.05) is 44.7 Å². The molecule has 2 heterocycles. The largest absolute Gasteiger partial charge is 0.507 e. The van der Waals surface area contributed by atoms with Crippen LogP contribution in [0.2, 0.25) is 0 Å². The van der Waals surface area contributed by atoms with Crippen LogP contribution in [0.25, 0.3) is 0 Å². The summed E-state index contributed by atoms with van der Waals surface area (Å²) < 4.78 is 0. The lowest BCUT2D eigenvalue weighted by Crippen LogP contribution is -2.42. The lowest BCUT2D eigenvalue weighted by atomic mass is 10.1. The highest BCUT2D eigenvalue weighted by Crippen LogP contribution is 2.36. The zero-order chi connectivity index (χ0) is 12.5. The standard InChI is InChI=1S/C14H21N3O/c1-16-7-4-12-13(16)3-2-11(14(12)18)10-17-8-5-15-6-9-17/h2-3,15,18H,4-10H2,1H3. The Bertz CT molecular complexity index is 441. The summed E-state index contributed by atoms with van der Waals surface area (Å²) in [7, 11) is 2.08. The van der Waals surface area contributed by atoms with Gasteiger partial charge in [-0.25, -0.2) is 0 Å². The maximum atomic E-state index is 10.4. The third-order valence-electron chi connectivity index (χ3n) is 4.05. The molecule has 2 aliphatic rings. The topological polar surface area (TPSA) is 38.7 Å². The summed E-state index contributed by atoms with van der Waals surface area (Å²) in [6, 6.07) is 4.23. The van der Waals surface area contributed by atoms with Gasteiger partial charge in [0.2, 0.25) is 0 Å². The van der Waals surface area contributed by atoms with Crippen molar-refractivity contribution in [2.45, 2.75) is 13.0 Å². The fourth-order valence-electron chi connectivity index (χ4n) is 2.92. The van der Waals surface area contributed by atoms with Crippen LogP contribution >= 0.6 is 0 Å². The highest BCUT2D eigenvalue weighted by Gasteiger charge is 2.22. The van der Waals surface area contributed by atoms with Gasteiger partial charge in [-0.3, -0.25) is 4.90 Å². The third kappa shape index (κ3) is 2.06. The van der Waals surface area contributed by atoms with Crippen LogP contribution in [0.15, 0.2) is 12.1 Å². The molecule has 1 aromatic rings. The molecular formula is C14H21N3O. The van der Waals surface area contributed by atoms with Crippen LogP contribution < -0.4 is 10.2 Å². The number of anilines is 1. The summed E-state index contributed by atoms with van der Waals surface area (Å²) in [5.41, 5.74) is 3.40. The van der Waals surface area contributed by atoms with E-state index in [2.05, 4.69) is 34.3 Å². The maximum absolute atomic E-state index is 10.4. The molecule has 0 saturated carbocycles. The average Bonchev–Trinajstić information content (AvgIpc) is 2.77. The van der Waals surface area contributed by atoms with Crippen LogP contribution in [-0.4, -0.2) is 49.8 Å². The smallest absolute Gasteiger partial charge is 0.125 e. The summed E-state index contributed by atoms with van der Waals surface area (Å²) in [5.74, 6) is 0.524. The van der Waals surface area contributed by atoms with Crippen molar-refractivity contribution < 1.29 is 5.11 Å². The number of hydrogen-bond donors (Lipinski definition) is 2. The van der Waals surface area contributed by atoms with E-state index < -0.39 is 0 Å². The molecule has 0 aromatic heterocycles. The van der Waals surface area contributed by atoms with E-state index in [1.54, 1.807) is 0 Å². The van der Waals surface area contributed by atoms with Crippen LogP contribution in [0.1, 0.15) is 11.1 Å². The minimum absolute atomic E-state index is 0.524. The van der Waals surface area contributed by atoms with E-state index in [9.17, 15) is 5.11 Å². The fraction of sp³-hybridized carbons (Fsp3) is 0.571. The molecular weight excluding hydrogens is 226 g/mol. The molecule has 0 bridgehead atoms. The van der Waals surface area contributed by atoms with E-state index in [0.717, 1.165) is 56.8 Å². The Labute approximate surface area is 108 Å². The van der Waals surface area contributed by atoms with Crippen molar-refractivity contribution in [1.82, 2.24) is 10.2 Å². The average molecular weight is 247 g/mol. The van der Waals surface area contributed by atoms with Gasteiger partial charge in [0.1, 0.15) is 5.75 Å². The lowest BCUT2D eigenvalue weighted by molar-refractivity contribution is 0.230. The van der Waals surface area contributed by atoms with Gasteiger partial charge in [-0.1, -0.05) is 6.07 Å². The van der Waals surface area contributed by atoms with Crippen LogP contribution in [0.5, 0.6) is 5.75 Å². The Balaban J connectivity index is 1.80. The number of piperazine rings is 1. The predicted molar refractivity (Wildman–Crippen MR) is 73.2 cm³/mol. The van der Waals surface area contributed by atoms with Gasteiger partial charge < -0.3 is 15.3 Å². The molecule has 4 heteroatoms. The lowest BCUT2D eigenvalue weighted by Gasteiger charge is -2.27. The minimum Gasteiger partial charge on any atom is -0.507 e. The van der Waals surface area contributed by atoms with Crippen molar-refractivity contribution in [3.8, 4) is 5.75 Å². The predicted octanol–water partition coefficient (Wildman–Crippen LogP) is 0.790. The molecule has 0 aliphatic carbocycles. The van der Waals surface area contributed by atoms with Crippen LogP contribution in [0.4, 0.5) is 5.69 Å². The summed E-state index contributed by atoms with van der Waals surface area (Å²) in [5, 5.41) is 13.7. The second-order valence-corrected chi connectivity index (χ2v) is 5.27. The van der Waals surface area contributed by atoms with Crippen molar-refractivity contribution in [1.29, 1.82) is 0 Å². The van der Waals surface area contributed by atoms with E-state index in [1.807, 2.05) is 0 Å². The molecule has 98 valence electrons. The highest BCUT2D eigenvalue weighted by molar-refractivity contribution is 5.64. The van der Waals surface area contributed by atoms with E-state index >= 15 is 0 Å². The number of phenols is 1. The Morgan fingerprint density at radius 2 is 2.00 bits per heavy atom. The van der Waals surface area contributed by atoms with Crippen molar-refractivity contribution in [3.05, 3.63) is 23.3 Å². The molecule has 0 spiro atoms. The SMILES string of the molecule is CN1CCc2c1ccc(CN1CCNCC1)c2O. The van der Waals surface area contributed by atoms with Crippen molar-refractivity contribution >= 4 is 5.69 Å². The first-order chi connectivity index (χ1) is 8.75. The number of fused-ring (bicyclic) bond motifs is 1. The Hall–Kier alpha value is -1.26. The van der Waals surface area contributed by atoms with Gasteiger partial charge in [0.15, 0.2) is 0 Å². The highest BCUT2D eigenvalue weighted by atomic mass is 16.3. The van der Waals surface area contributed by atoms with Gasteiger partial charge >= 0.3 is 0 Å². The molecule has 0 amide bonds. The van der Waals surface area contributed by atoms with E-state index in [-0.39, 0.29) is 0 Å². The zero-order valence-corrected chi connectivity index (χ0v) is 10.9. The van der Waals surface area contributed by atoms with Gasteiger partial charge in [0.25, 0.3) is 0 Å². The van der Waals surface area contributed by atoms with E-state index in [4.69, 9.17) is 0 Å². The van der Waals surface area contributed by atoms with Crippen molar-refractivity contribution in [2.24, 2.45) is 0 Å². The molecule has 3 rings (SSSR count). The number of likely N-dealkylation sites (N-methyl/N-ethyl adjacent to an activating group) is 1. The van der Waals surface area contributed by atoms with Crippen LogP contribution in [0, 0.1) is 0 Å².